The predicted molar refractivity (Wildman–Crippen MR) is 76.4 cm³/mol. The van der Waals surface area contributed by atoms with Crippen LogP contribution in [0.2, 0.25) is 0 Å². The molecule has 1 nitrogen and oxygen atoms in total. The number of carbonyl (C=O) groups is 1. The van der Waals surface area contributed by atoms with Crippen LogP contribution < -0.4 is 0 Å². The van der Waals surface area contributed by atoms with Gasteiger partial charge in [-0.1, -0.05) is 28.1 Å². The molecule has 0 saturated carbocycles. The fourth-order valence-electron chi connectivity index (χ4n) is 2.10. The van der Waals surface area contributed by atoms with Crippen molar-refractivity contribution in [2.24, 2.45) is 0 Å². The van der Waals surface area contributed by atoms with E-state index in [-0.39, 0.29) is 0 Å². The van der Waals surface area contributed by atoms with Gasteiger partial charge in [0.15, 0.2) is 0 Å². The Labute approximate surface area is 112 Å². The van der Waals surface area contributed by atoms with Gasteiger partial charge in [0.05, 0.1) is 0 Å². The molecular weight excluding hydrogens is 296 g/mol. The summed E-state index contributed by atoms with van der Waals surface area (Å²) in [5.41, 5.74) is 1.34. The van der Waals surface area contributed by atoms with Crippen LogP contribution in [0.25, 0.3) is 15.7 Å². The first-order valence-electron chi connectivity index (χ1n) is 5.62. The molecule has 1 aliphatic rings. The molecular formula is C14H11BrOS. The number of fused-ring (bicyclic) bond motifs is 1. The monoisotopic (exact) mass is 306 g/mol. The number of thiophene rings is 1. The van der Waals surface area contributed by atoms with Crippen LogP contribution in [0.3, 0.4) is 0 Å². The number of rotatable bonds is 1. The molecule has 0 unspecified atom stereocenters. The fraction of sp³-hybridized carbons (Fsp3) is 0.214. The molecule has 1 heterocycles. The summed E-state index contributed by atoms with van der Waals surface area (Å²) in [6, 6.07) is 8.58. The average Bonchev–Trinajstić information content (AvgIpc) is 2.72. The van der Waals surface area contributed by atoms with E-state index in [1.54, 1.807) is 0 Å². The molecule has 0 aliphatic heterocycles. The third-order valence-electron chi connectivity index (χ3n) is 3.05. The maximum Gasteiger partial charge on any atom is 0.137 e. The van der Waals surface area contributed by atoms with E-state index >= 15 is 0 Å². The lowest BCUT2D eigenvalue weighted by atomic mass is 9.97. The number of halogens is 1. The summed E-state index contributed by atoms with van der Waals surface area (Å²) in [5.74, 6) is 0.359. The van der Waals surface area contributed by atoms with Crippen molar-refractivity contribution in [2.75, 3.05) is 0 Å². The van der Waals surface area contributed by atoms with Crippen molar-refractivity contribution >= 4 is 48.7 Å². The van der Waals surface area contributed by atoms with E-state index in [2.05, 4.69) is 46.3 Å². The first-order valence-corrected chi connectivity index (χ1v) is 7.23. The van der Waals surface area contributed by atoms with E-state index in [1.165, 1.54) is 20.5 Å². The summed E-state index contributed by atoms with van der Waals surface area (Å²) in [5, 5.41) is 1.28. The van der Waals surface area contributed by atoms with Gasteiger partial charge < -0.3 is 0 Å². The van der Waals surface area contributed by atoms with Gasteiger partial charge >= 0.3 is 0 Å². The van der Waals surface area contributed by atoms with Crippen molar-refractivity contribution in [1.82, 2.24) is 0 Å². The van der Waals surface area contributed by atoms with Crippen molar-refractivity contribution in [3.8, 4) is 0 Å². The van der Waals surface area contributed by atoms with Gasteiger partial charge in [0.25, 0.3) is 0 Å². The van der Waals surface area contributed by atoms with E-state index in [0.29, 0.717) is 18.6 Å². The Morgan fingerprint density at radius 1 is 1.18 bits per heavy atom. The fourth-order valence-corrected chi connectivity index (χ4v) is 3.78. The molecule has 1 aromatic carbocycles. The number of carbonyl (C=O) groups excluding carboxylic acids is 1. The van der Waals surface area contributed by atoms with Crippen LogP contribution in [0, 0.1) is 0 Å². The van der Waals surface area contributed by atoms with Crippen LogP contribution in [-0.4, -0.2) is 5.78 Å². The maximum atomic E-state index is 11.2. The number of hydrogen-bond donors (Lipinski definition) is 0. The van der Waals surface area contributed by atoms with Crippen molar-refractivity contribution in [3.05, 3.63) is 39.7 Å². The summed E-state index contributed by atoms with van der Waals surface area (Å²) >= 11 is 5.30. The summed E-state index contributed by atoms with van der Waals surface area (Å²) in [4.78, 5) is 12.5. The van der Waals surface area contributed by atoms with E-state index in [1.807, 2.05) is 11.3 Å². The van der Waals surface area contributed by atoms with Gasteiger partial charge in [-0.15, -0.1) is 11.3 Å². The van der Waals surface area contributed by atoms with Gasteiger partial charge in [-0.05, 0) is 35.6 Å². The Morgan fingerprint density at radius 3 is 2.82 bits per heavy atom. The Morgan fingerprint density at radius 2 is 2.06 bits per heavy atom. The zero-order valence-electron chi connectivity index (χ0n) is 9.20. The summed E-state index contributed by atoms with van der Waals surface area (Å²) in [6.45, 7) is 0. The largest absolute Gasteiger partial charge is 0.299 e. The highest BCUT2D eigenvalue weighted by Gasteiger charge is 2.13. The van der Waals surface area contributed by atoms with Crippen LogP contribution >= 0.6 is 27.3 Å². The quantitative estimate of drug-likeness (QED) is 0.739. The average molecular weight is 307 g/mol. The molecule has 3 rings (SSSR count). The maximum absolute atomic E-state index is 11.2. The topological polar surface area (TPSA) is 17.1 Å². The lowest BCUT2D eigenvalue weighted by molar-refractivity contribution is -0.118. The predicted octanol–water partition coefficient (Wildman–Crippen LogP) is 4.80. The molecule has 2 aromatic rings. The summed E-state index contributed by atoms with van der Waals surface area (Å²) in [7, 11) is 0. The first-order chi connectivity index (χ1) is 8.22. The normalized spacial score (nSPS) is 16.3. The van der Waals surface area contributed by atoms with Gasteiger partial charge in [-0.2, -0.15) is 0 Å². The molecule has 0 N–H and O–H groups in total. The van der Waals surface area contributed by atoms with Crippen LogP contribution in [0.1, 0.15) is 24.1 Å². The molecule has 0 bridgehead atoms. The van der Waals surface area contributed by atoms with Crippen LogP contribution in [0.15, 0.2) is 34.8 Å². The van der Waals surface area contributed by atoms with Crippen molar-refractivity contribution < 1.29 is 4.79 Å². The number of Topliss-reactive ketones (excluding diaryl/α,β-unsaturated/α-hetero) is 1. The molecule has 17 heavy (non-hydrogen) atoms. The summed E-state index contributed by atoms with van der Waals surface area (Å²) in [6.07, 6.45) is 4.29. The highest BCUT2D eigenvalue weighted by atomic mass is 79.9. The Bertz CT molecular complexity index is 624. The number of allylic oxidation sites excluding steroid dienone is 2. The Kier molecular flexibility index (Phi) is 2.89. The smallest absolute Gasteiger partial charge is 0.137 e. The second-order valence-corrected chi connectivity index (χ2v) is 6.26. The molecule has 86 valence electrons. The second kappa shape index (κ2) is 4.39. The molecule has 0 fully saturated rings. The third kappa shape index (κ3) is 2.22. The zero-order chi connectivity index (χ0) is 11.8. The Balaban J connectivity index is 2.03. The number of benzene rings is 1. The standard InChI is InChI=1S/C14H11BrOS/c15-11-4-1-10-7-13(17-14(10)8-11)9-2-5-12(16)6-3-9/h1-2,4,7-8H,3,5-6H2. The first kappa shape index (κ1) is 11.2. The van der Waals surface area contributed by atoms with E-state index in [4.69, 9.17) is 0 Å². The lowest BCUT2D eigenvalue weighted by Gasteiger charge is -2.09. The number of hydrogen-bond acceptors (Lipinski definition) is 2. The highest BCUT2D eigenvalue weighted by Crippen LogP contribution is 2.35. The van der Waals surface area contributed by atoms with Crippen molar-refractivity contribution in [1.29, 1.82) is 0 Å². The molecule has 0 atom stereocenters. The minimum atomic E-state index is 0.359. The molecule has 1 aromatic heterocycles. The van der Waals surface area contributed by atoms with Gasteiger partial charge in [0, 0.05) is 26.9 Å². The van der Waals surface area contributed by atoms with E-state index in [0.717, 1.165) is 10.9 Å². The highest BCUT2D eigenvalue weighted by molar-refractivity contribution is 9.10. The van der Waals surface area contributed by atoms with Crippen LogP contribution in [-0.2, 0) is 4.79 Å². The van der Waals surface area contributed by atoms with Gasteiger partial charge in [0.1, 0.15) is 5.78 Å². The molecule has 3 heteroatoms. The molecule has 0 amide bonds. The second-order valence-electron chi connectivity index (χ2n) is 4.26. The van der Waals surface area contributed by atoms with Gasteiger partial charge in [-0.3, -0.25) is 4.79 Å². The molecule has 1 aliphatic carbocycles. The van der Waals surface area contributed by atoms with Gasteiger partial charge in [-0.25, -0.2) is 0 Å². The van der Waals surface area contributed by atoms with Crippen molar-refractivity contribution in [2.45, 2.75) is 19.3 Å². The minimum absolute atomic E-state index is 0.359. The molecule has 0 radical (unpaired) electrons. The minimum Gasteiger partial charge on any atom is -0.299 e. The van der Waals surface area contributed by atoms with Crippen LogP contribution in [0.5, 0.6) is 0 Å². The summed E-state index contributed by atoms with van der Waals surface area (Å²) < 4.78 is 2.42. The van der Waals surface area contributed by atoms with E-state index < -0.39 is 0 Å². The lowest BCUT2D eigenvalue weighted by Crippen LogP contribution is -2.01. The third-order valence-corrected chi connectivity index (χ3v) is 4.71. The van der Waals surface area contributed by atoms with Crippen LogP contribution in [0.4, 0.5) is 0 Å². The number of ketones is 1. The van der Waals surface area contributed by atoms with E-state index in [9.17, 15) is 4.79 Å². The Hall–Kier alpha value is -0.930. The van der Waals surface area contributed by atoms with Gasteiger partial charge in [0.2, 0.25) is 0 Å². The zero-order valence-corrected chi connectivity index (χ0v) is 11.6. The van der Waals surface area contributed by atoms with Crippen molar-refractivity contribution in [3.63, 3.8) is 0 Å². The molecule has 0 saturated heterocycles. The molecule has 0 spiro atoms. The SMILES string of the molecule is O=C1CC=C(c2cc3ccc(Br)cc3s2)CC1.